The Balaban J connectivity index is 0.00000454. The molecule has 676 valence electrons. The van der Waals surface area contributed by atoms with Gasteiger partial charge >= 0.3 is 6.15 Å². The molecule has 0 saturated carbocycles. The maximum absolute atomic E-state index is 17.0. The van der Waals surface area contributed by atoms with E-state index in [1.54, 1.807) is 0 Å². The average molecular weight is 1810 g/mol. The monoisotopic (exact) mass is 1810 g/mol. The number of nitrogens with one attached hydrogen (secondary N) is 6. The van der Waals surface area contributed by atoms with Crippen LogP contribution in [0.25, 0.3) is 11.1 Å². The van der Waals surface area contributed by atoms with Gasteiger partial charge < -0.3 is 157 Å². The van der Waals surface area contributed by atoms with Crippen molar-refractivity contribution in [2.75, 3.05) is 19.8 Å². The lowest BCUT2D eigenvalue weighted by Crippen LogP contribution is -2.65. The van der Waals surface area contributed by atoms with Crippen molar-refractivity contribution in [2.45, 2.75) is 186 Å². The Hall–Kier alpha value is -11.8. The lowest BCUT2D eigenvalue weighted by atomic mass is 9.85. The van der Waals surface area contributed by atoms with Crippen molar-refractivity contribution in [3.8, 4) is 80.1 Å². The van der Waals surface area contributed by atoms with Gasteiger partial charge in [0.1, 0.15) is 138 Å². The molecule has 7 aromatic rings. The van der Waals surface area contributed by atoms with Crippen LogP contribution in [0.1, 0.15) is 102 Å². The number of nitrogens with two attached hydrogens (primary N) is 1. The Labute approximate surface area is 728 Å². The smallest absolute Gasteiger partial charge is 0.373 e. The second-order valence-corrected chi connectivity index (χ2v) is 31.9. The normalized spacial score (nSPS) is 29.1. The van der Waals surface area contributed by atoms with Crippen molar-refractivity contribution in [1.82, 2.24) is 31.9 Å². The topological polar surface area (TPSA) is 655 Å². The molecule has 43 heteroatoms. The van der Waals surface area contributed by atoms with E-state index in [2.05, 4.69) is 31.9 Å². The van der Waals surface area contributed by atoms with E-state index in [-0.39, 0.29) is 72.9 Å². The lowest BCUT2D eigenvalue weighted by molar-refractivity contribution is -0.284. The number of hydrogen-bond acceptors (Lipinski definition) is 35. The molecule has 23 atom stereocenters. The predicted octanol–water partition coefficient (Wildman–Crippen LogP) is -0.644. The summed E-state index contributed by atoms with van der Waals surface area (Å²) >= 11 is 14.7. The highest BCUT2D eigenvalue weighted by atomic mass is 35.5. The van der Waals surface area contributed by atoms with Gasteiger partial charge in [0, 0.05) is 49.6 Å². The Kier molecular flexibility index (Phi) is 28.7. The third-order valence-electron chi connectivity index (χ3n) is 22.2. The van der Waals surface area contributed by atoms with Crippen LogP contribution in [0.2, 0.25) is 10.0 Å². The summed E-state index contributed by atoms with van der Waals surface area (Å²) in [6.45, 7) is -1.47. The Morgan fingerprint density at radius 2 is 1.11 bits per heavy atom. The zero-order valence-corrected chi connectivity index (χ0v) is 68.2. The fourth-order valence-corrected chi connectivity index (χ4v) is 16.3. The molecule has 16 rings (SSSR count). The molecule has 127 heavy (non-hydrogen) atoms. The molecule has 3 fully saturated rings. The number of aliphatic hydroxyl groups is 11. The molecular formula is C84H87Cl2N7O34. The van der Waals surface area contributed by atoms with Crippen molar-refractivity contribution in [3.05, 3.63) is 164 Å². The number of phenols is 4. The molecule has 7 unspecified atom stereocenters. The summed E-state index contributed by atoms with van der Waals surface area (Å²) < 4.78 is 57.4. The fraction of sp³-hybridized carbons (Fsp3) is 0.393. The number of ether oxygens (including phenoxy) is 9. The minimum absolute atomic E-state index is 0.0616. The number of rotatable bonds is 13. The summed E-state index contributed by atoms with van der Waals surface area (Å²) in [4.78, 5) is 139. The number of carbonyl (C=O) groups excluding carboxylic acids is 10. The van der Waals surface area contributed by atoms with Crippen LogP contribution < -0.4 is 61.3 Å². The van der Waals surface area contributed by atoms with E-state index in [4.69, 9.17) is 81.2 Å². The van der Waals surface area contributed by atoms with Crippen LogP contribution in [-0.4, -0.2) is 260 Å². The van der Waals surface area contributed by atoms with E-state index < -0.39 is 302 Å². The van der Waals surface area contributed by atoms with Gasteiger partial charge in [0.15, 0.2) is 40.9 Å². The van der Waals surface area contributed by atoms with Gasteiger partial charge in [-0.05, 0) is 131 Å². The molecule has 9 aliphatic rings. The number of aromatic hydroxyl groups is 4. The largest absolute Gasteiger partial charge is 0.508 e. The standard InChI is InChI=1S/C83H87Cl2N7O32.CO2/c1-30(96)11-61(104)90-66-72(109)69(106)59(28-94)121-82(66)124-76-56-20-37-21-57(76)118-53-10-6-35(18-46(53)85)75(123-81-65(88-31(2)97)71(108)68(105)58(27-93)120-81)67-80(115)87-26-38-15-40(99)23-55(119-83-74(111)73(110)70(107)60(29-95)122-83)62(38)44-17-33(4-7-48(44)100)42(77(112)92-67)25-51(103)64(37)91-78(113)43-24-50(102)47(13-32-3-9-52(117-56)45(84)12-32)89-79(114)63(86)34-5-8-49(101)54(19-34)116-41-16-36(43)14-39(98)22-41;2-1-3/h3-10,12,14-23,30,42-43,47,58-60,63-75,81-83,93-96,98-101,105-111H,11,13,24-29,86H2,1-2H3,(H,87,115)(H,88,97)(H,89,114)(H,90,104)(H,91,113)(H,92,112);/t30?,42-,43+,47-,58?,59?,60?,63-,64-,65?,66?,67+,68-,69-,70-,71-,72-,73?,74-,75-,81+,82+,83+;/m1./s1. The van der Waals surface area contributed by atoms with Crippen molar-refractivity contribution in [1.29, 1.82) is 0 Å². The first kappa shape index (κ1) is 92.9. The number of phenolic OH excluding ortho intramolecular Hbond substituents is 4. The molecule has 17 bridgehead atoms. The highest BCUT2D eigenvalue weighted by Gasteiger charge is 2.52. The molecule has 6 amide bonds. The molecular weight excluding hydrogens is 1720 g/mol. The van der Waals surface area contributed by atoms with Crippen LogP contribution in [0.5, 0.6) is 69.0 Å². The van der Waals surface area contributed by atoms with Crippen LogP contribution in [-0.2, 0) is 79.9 Å². The number of ketones is 2. The van der Waals surface area contributed by atoms with Gasteiger partial charge in [-0.25, -0.2) is 0 Å². The molecule has 0 spiro atoms. The van der Waals surface area contributed by atoms with Crippen LogP contribution in [0.15, 0.2) is 115 Å². The highest BCUT2D eigenvalue weighted by Crippen LogP contribution is 2.51. The molecule has 0 aromatic heterocycles. The maximum Gasteiger partial charge on any atom is 0.373 e. The third kappa shape index (κ3) is 20.1. The molecule has 23 N–H and O–H groups in total. The van der Waals surface area contributed by atoms with Crippen LogP contribution in [0.3, 0.4) is 0 Å². The number of Topliss-reactive ketones (excluding diaryl/α,β-unsaturated/α-hetero) is 2. The Morgan fingerprint density at radius 3 is 1.75 bits per heavy atom. The van der Waals surface area contributed by atoms with Gasteiger partial charge in [-0.1, -0.05) is 47.5 Å². The maximum atomic E-state index is 17.0. The summed E-state index contributed by atoms with van der Waals surface area (Å²) in [6.07, 6.45) is -31.8. The molecule has 9 aliphatic heterocycles. The second kappa shape index (κ2) is 39.2. The SMILES string of the molecule is CC(=O)NC1[C@H](O[C@@H]2c3ccc(c(Cl)c3)Oc3cc4cc(c3O[C@@H]3OC(CO)[C@@H](O)[C@H](O)C3NC(=O)CC(C)O)Oc3ccc(cc3Cl)C[C@H]3NC(=O)[C@H](N)c5ccc(O)c(c5)Oc5cc(O)cc(c5)[C@H](CC3=O)C(=O)N[C@H]4C(=O)C[C@H]3C(=O)N[C@@H]2C(=O)NCc2cc(O)cc(O[C@H]4OC(CO)[C@@H](O)C(O)[C@H]4O)c2-c2cc3ccc2O)OC(CO)[C@@H](O)[C@@H]1O.O=C=O. The molecule has 0 radical (unpaired) electrons. The minimum atomic E-state index is -2.32. The zero-order valence-electron chi connectivity index (χ0n) is 66.7. The van der Waals surface area contributed by atoms with E-state index in [9.17, 15) is 91.0 Å². The zero-order chi connectivity index (χ0) is 91.6. The van der Waals surface area contributed by atoms with E-state index in [0.29, 0.717) is 0 Å². The van der Waals surface area contributed by atoms with Gasteiger partial charge in [-0.15, -0.1) is 0 Å². The number of hydrogen-bond donors (Lipinski definition) is 22. The number of benzene rings is 7. The molecule has 9 heterocycles. The van der Waals surface area contributed by atoms with Gasteiger partial charge in [0.2, 0.25) is 53.8 Å². The minimum Gasteiger partial charge on any atom is -0.508 e. The van der Waals surface area contributed by atoms with Crippen molar-refractivity contribution < 1.29 is 167 Å². The quantitative estimate of drug-likeness (QED) is 0.0682. The van der Waals surface area contributed by atoms with Crippen LogP contribution >= 0.6 is 23.2 Å². The van der Waals surface area contributed by atoms with Gasteiger partial charge in [-0.3, -0.25) is 38.4 Å². The molecule has 41 nitrogen and oxygen atoms in total. The lowest BCUT2D eigenvalue weighted by Gasteiger charge is -2.44. The molecule has 7 aromatic carbocycles. The fourth-order valence-electron chi connectivity index (χ4n) is 15.8. The predicted molar refractivity (Wildman–Crippen MR) is 428 cm³/mol. The number of halogens is 2. The van der Waals surface area contributed by atoms with Gasteiger partial charge in [0.25, 0.3) is 0 Å². The summed E-state index contributed by atoms with van der Waals surface area (Å²) in [7, 11) is 0. The number of amides is 6. The Bertz CT molecular complexity index is 5410. The number of fused-ring (bicyclic) bond motifs is 14. The summed E-state index contributed by atoms with van der Waals surface area (Å²) in [5.41, 5.74) is 4.80. The first-order chi connectivity index (χ1) is 60.5. The molecule has 0 aliphatic carbocycles. The van der Waals surface area contributed by atoms with E-state index in [0.717, 1.165) is 79.7 Å². The summed E-state index contributed by atoms with van der Waals surface area (Å²) in [6, 6.07) is 10.5. The van der Waals surface area contributed by atoms with Crippen LogP contribution in [0.4, 0.5) is 0 Å². The van der Waals surface area contributed by atoms with Crippen LogP contribution in [0, 0.1) is 0 Å². The number of carbonyl (C=O) groups is 8. The average Bonchev–Trinajstić information content (AvgIpc) is 0.764. The van der Waals surface area contributed by atoms with Gasteiger partial charge in [-0.2, -0.15) is 9.59 Å². The van der Waals surface area contributed by atoms with E-state index in [1.807, 2.05) is 0 Å². The highest BCUT2D eigenvalue weighted by molar-refractivity contribution is 6.32. The molecule has 3 saturated heterocycles. The van der Waals surface area contributed by atoms with Crippen molar-refractivity contribution in [2.24, 2.45) is 5.73 Å². The summed E-state index contributed by atoms with van der Waals surface area (Å²) in [5, 5.41) is 183. The van der Waals surface area contributed by atoms with E-state index in [1.165, 1.54) is 49.4 Å². The summed E-state index contributed by atoms with van der Waals surface area (Å²) in [5.74, 6) is -19.1. The third-order valence-corrected chi connectivity index (χ3v) is 22.8. The second-order valence-electron chi connectivity index (χ2n) is 31.0. The van der Waals surface area contributed by atoms with Crippen molar-refractivity contribution >= 4 is 76.4 Å². The van der Waals surface area contributed by atoms with Crippen molar-refractivity contribution in [3.63, 3.8) is 0 Å². The first-order valence-electron chi connectivity index (χ1n) is 39.4. The first-order valence-corrected chi connectivity index (χ1v) is 40.2. The van der Waals surface area contributed by atoms with E-state index >= 15 is 24.0 Å². The number of aliphatic hydroxyl groups excluding tert-OH is 11. The van der Waals surface area contributed by atoms with Gasteiger partial charge in [0.05, 0.1) is 60.3 Å². The Morgan fingerprint density at radius 1 is 0.543 bits per heavy atom.